The van der Waals surface area contributed by atoms with Crippen molar-refractivity contribution in [3.8, 4) is 11.3 Å². The van der Waals surface area contributed by atoms with Crippen LogP contribution in [0.2, 0.25) is 5.15 Å². The molecule has 1 aromatic heterocycles. The smallest absolute Gasteiger partial charge is 0.129 e. The number of benzene rings is 1. The lowest BCUT2D eigenvalue weighted by Gasteiger charge is -2.06. The van der Waals surface area contributed by atoms with Gasteiger partial charge in [0, 0.05) is 5.56 Å². The van der Waals surface area contributed by atoms with Gasteiger partial charge in [-0.3, -0.25) is 0 Å². The predicted octanol–water partition coefficient (Wildman–Crippen LogP) is 4.53. The molecule has 0 atom stereocenters. The molecule has 1 heterocycles. The molecular weight excluding hydrogens is 218 g/mol. The number of aromatic nitrogens is 1. The highest BCUT2D eigenvalue weighted by Crippen LogP contribution is 2.22. The zero-order valence-corrected chi connectivity index (χ0v) is 10.2. The molecule has 0 unspecified atom stereocenters. The maximum absolute atomic E-state index is 5.87. The molecule has 0 bridgehead atoms. The maximum Gasteiger partial charge on any atom is 0.129 e. The van der Waals surface area contributed by atoms with Gasteiger partial charge in [0.05, 0.1) is 5.69 Å². The molecule has 0 N–H and O–H groups in total. The summed E-state index contributed by atoms with van der Waals surface area (Å²) in [6.07, 6.45) is 0. The summed E-state index contributed by atoms with van der Waals surface area (Å²) in [7, 11) is 0. The second kappa shape index (κ2) is 4.67. The summed E-state index contributed by atoms with van der Waals surface area (Å²) in [6, 6.07) is 14.1. The third kappa shape index (κ3) is 2.42. The molecule has 0 aliphatic rings. The van der Waals surface area contributed by atoms with Crippen molar-refractivity contribution in [1.29, 1.82) is 0 Å². The molecule has 0 aliphatic carbocycles. The lowest BCUT2D eigenvalue weighted by atomic mass is 10.0. The Kier molecular flexibility index (Phi) is 3.25. The molecule has 16 heavy (non-hydrogen) atoms. The molecular formula is C14H14ClN. The number of pyridine rings is 1. The summed E-state index contributed by atoms with van der Waals surface area (Å²) in [5.74, 6) is 0.557. The summed E-state index contributed by atoms with van der Waals surface area (Å²) in [4.78, 5) is 4.28. The van der Waals surface area contributed by atoms with Gasteiger partial charge in [-0.15, -0.1) is 0 Å². The minimum atomic E-state index is 0.533. The van der Waals surface area contributed by atoms with Gasteiger partial charge in [0.2, 0.25) is 0 Å². The molecule has 0 saturated heterocycles. The Hall–Kier alpha value is -1.34. The van der Waals surface area contributed by atoms with Crippen molar-refractivity contribution in [2.24, 2.45) is 0 Å². The van der Waals surface area contributed by atoms with Crippen LogP contribution in [0.25, 0.3) is 11.3 Å². The fourth-order valence-corrected chi connectivity index (χ4v) is 1.77. The first-order chi connectivity index (χ1) is 7.66. The van der Waals surface area contributed by atoms with Gasteiger partial charge in [-0.05, 0) is 23.6 Å². The Morgan fingerprint density at radius 3 is 2.25 bits per heavy atom. The Morgan fingerprint density at radius 1 is 1.00 bits per heavy atom. The molecule has 1 nitrogen and oxygen atoms in total. The summed E-state index contributed by atoms with van der Waals surface area (Å²) in [5, 5.41) is 0.533. The van der Waals surface area contributed by atoms with Crippen molar-refractivity contribution in [3.05, 3.63) is 53.2 Å². The zero-order chi connectivity index (χ0) is 11.5. The van der Waals surface area contributed by atoms with E-state index in [1.54, 1.807) is 6.07 Å². The SMILES string of the molecule is CC(C)c1ccc(-c2cccc(Cl)n2)cc1. The minimum Gasteiger partial charge on any atom is -0.236 e. The van der Waals surface area contributed by atoms with Gasteiger partial charge in [0.1, 0.15) is 5.15 Å². The summed E-state index contributed by atoms with van der Waals surface area (Å²) < 4.78 is 0. The molecule has 2 rings (SSSR count). The first-order valence-corrected chi connectivity index (χ1v) is 5.77. The summed E-state index contributed by atoms with van der Waals surface area (Å²) >= 11 is 5.87. The highest BCUT2D eigenvalue weighted by atomic mass is 35.5. The van der Waals surface area contributed by atoms with Crippen molar-refractivity contribution in [2.45, 2.75) is 19.8 Å². The quantitative estimate of drug-likeness (QED) is 0.693. The van der Waals surface area contributed by atoms with Crippen LogP contribution in [0.3, 0.4) is 0 Å². The molecule has 2 heteroatoms. The van der Waals surface area contributed by atoms with Crippen molar-refractivity contribution in [3.63, 3.8) is 0 Å². The van der Waals surface area contributed by atoms with Gasteiger partial charge in [-0.2, -0.15) is 0 Å². The van der Waals surface area contributed by atoms with E-state index in [0.29, 0.717) is 11.1 Å². The molecule has 2 aromatic rings. The fraction of sp³-hybridized carbons (Fsp3) is 0.214. The van der Waals surface area contributed by atoms with Crippen LogP contribution in [0.4, 0.5) is 0 Å². The first kappa shape index (κ1) is 11.2. The number of nitrogens with zero attached hydrogens (tertiary/aromatic N) is 1. The van der Waals surface area contributed by atoms with Crippen molar-refractivity contribution in [2.75, 3.05) is 0 Å². The topological polar surface area (TPSA) is 12.9 Å². The van der Waals surface area contributed by atoms with Crippen LogP contribution >= 0.6 is 11.6 Å². The highest BCUT2D eigenvalue weighted by Gasteiger charge is 2.02. The van der Waals surface area contributed by atoms with E-state index in [1.807, 2.05) is 12.1 Å². The van der Waals surface area contributed by atoms with Gasteiger partial charge >= 0.3 is 0 Å². The van der Waals surface area contributed by atoms with Crippen LogP contribution < -0.4 is 0 Å². The third-order valence-electron chi connectivity index (χ3n) is 2.59. The molecule has 0 aliphatic heterocycles. The Bertz CT molecular complexity index is 474. The Balaban J connectivity index is 2.35. The van der Waals surface area contributed by atoms with Gasteiger partial charge in [0.25, 0.3) is 0 Å². The monoisotopic (exact) mass is 231 g/mol. The average molecular weight is 232 g/mol. The van der Waals surface area contributed by atoms with Crippen LogP contribution in [0.5, 0.6) is 0 Å². The van der Waals surface area contributed by atoms with Gasteiger partial charge in [-0.1, -0.05) is 55.8 Å². The van der Waals surface area contributed by atoms with Crippen LogP contribution in [0, 0.1) is 0 Å². The fourth-order valence-electron chi connectivity index (χ4n) is 1.61. The first-order valence-electron chi connectivity index (χ1n) is 5.39. The van der Waals surface area contributed by atoms with E-state index in [0.717, 1.165) is 11.3 Å². The van der Waals surface area contributed by atoms with E-state index in [-0.39, 0.29) is 0 Å². The van der Waals surface area contributed by atoms with E-state index < -0.39 is 0 Å². The Morgan fingerprint density at radius 2 is 1.69 bits per heavy atom. The maximum atomic E-state index is 5.87. The lowest BCUT2D eigenvalue weighted by Crippen LogP contribution is -1.88. The van der Waals surface area contributed by atoms with Crippen LogP contribution in [-0.2, 0) is 0 Å². The summed E-state index contributed by atoms with van der Waals surface area (Å²) in [5.41, 5.74) is 3.36. The van der Waals surface area contributed by atoms with E-state index in [1.165, 1.54) is 5.56 Å². The van der Waals surface area contributed by atoms with E-state index in [2.05, 4.69) is 43.1 Å². The number of hydrogen-bond acceptors (Lipinski definition) is 1. The van der Waals surface area contributed by atoms with Crippen LogP contribution in [0.15, 0.2) is 42.5 Å². The second-order valence-electron chi connectivity index (χ2n) is 4.12. The van der Waals surface area contributed by atoms with E-state index in [4.69, 9.17) is 11.6 Å². The lowest BCUT2D eigenvalue weighted by molar-refractivity contribution is 0.867. The number of hydrogen-bond donors (Lipinski definition) is 0. The summed E-state index contributed by atoms with van der Waals surface area (Å²) in [6.45, 7) is 4.37. The molecule has 0 radical (unpaired) electrons. The number of halogens is 1. The molecule has 1 aromatic carbocycles. The van der Waals surface area contributed by atoms with Crippen molar-refractivity contribution < 1.29 is 0 Å². The van der Waals surface area contributed by atoms with Gasteiger partial charge < -0.3 is 0 Å². The molecule has 82 valence electrons. The van der Waals surface area contributed by atoms with E-state index in [9.17, 15) is 0 Å². The van der Waals surface area contributed by atoms with Crippen LogP contribution in [0.1, 0.15) is 25.3 Å². The predicted molar refractivity (Wildman–Crippen MR) is 68.8 cm³/mol. The highest BCUT2D eigenvalue weighted by molar-refractivity contribution is 6.29. The van der Waals surface area contributed by atoms with Crippen molar-refractivity contribution in [1.82, 2.24) is 4.98 Å². The van der Waals surface area contributed by atoms with E-state index >= 15 is 0 Å². The largest absolute Gasteiger partial charge is 0.236 e. The second-order valence-corrected chi connectivity index (χ2v) is 4.51. The zero-order valence-electron chi connectivity index (χ0n) is 9.44. The third-order valence-corrected chi connectivity index (χ3v) is 2.80. The average Bonchev–Trinajstić information content (AvgIpc) is 2.29. The van der Waals surface area contributed by atoms with Gasteiger partial charge in [-0.25, -0.2) is 4.98 Å². The standard InChI is InChI=1S/C14H14ClN/c1-10(2)11-6-8-12(9-7-11)13-4-3-5-14(15)16-13/h3-10H,1-2H3. The van der Waals surface area contributed by atoms with Gasteiger partial charge in [0.15, 0.2) is 0 Å². The molecule has 0 amide bonds. The molecule has 0 fully saturated rings. The van der Waals surface area contributed by atoms with Crippen LogP contribution in [-0.4, -0.2) is 4.98 Å². The molecule has 0 saturated carbocycles. The number of rotatable bonds is 2. The van der Waals surface area contributed by atoms with Crippen molar-refractivity contribution >= 4 is 11.6 Å². The normalized spacial score (nSPS) is 10.8. The minimum absolute atomic E-state index is 0.533. The molecule has 0 spiro atoms. The Labute approximate surface area is 101 Å².